The average molecular weight is 359 g/mol. The van der Waals surface area contributed by atoms with E-state index in [9.17, 15) is 0 Å². The highest BCUT2D eigenvalue weighted by Gasteiger charge is 2.20. The van der Waals surface area contributed by atoms with Crippen LogP contribution in [0.5, 0.6) is 11.5 Å². The molecular formula is C18H19ClN4O2. The third-order valence-corrected chi connectivity index (χ3v) is 4.45. The van der Waals surface area contributed by atoms with Crippen LogP contribution in [0, 0.1) is 0 Å². The molecular weight excluding hydrogens is 340 g/mol. The predicted molar refractivity (Wildman–Crippen MR) is 96.3 cm³/mol. The van der Waals surface area contributed by atoms with Gasteiger partial charge in [-0.3, -0.25) is 0 Å². The molecule has 1 aliphatic heterocycles. The minimum Gasteiger partial charge on any atom is -0.485 e. The summed E-state index contributed by atoms with van der Waals surface area (Å²) in [6.45, 7) is 4.95. The molecule has 3 aromatic rings. The van der Waals surface area contributed by atoms with Gasteiger partial charge in [-0.15, -0.1) is 5.10 Å². The van der Waals surface area contributed by atoms with Crippen molar-refractivity contribution in [1.82, 2.24) is 20.3 Å². The maximum atomic E-state index is 6.10. The van der Waals surface area contributed by atoms with E-state index >= 15 is 0 Å². The summed E-state index contributed by atoms with van der Waals surface area (Å²) >= 11 is 6.10. The van der Waals surface area contributed by atoms with Gasteiger partial charge < -0.3 is 14.8 Å². The molecule has 1 N–H and O–H groups in total. The highest BCUT2D eigenvalue weighted by molar-refractivity contribution is 6.30. The van der Waals surface area contributed by atoms with E-state index in [1.807, 2.05) is 35.9 Å². The second kappa shape index (κ2) is 6.90. The highest BCUT2D eigenvalue weighted by atomic mass is 35.5. The molecule has 0 atom stereocenters. The van der Waals surface area contributed by atoms with Crippen molar-refractivity contribution in [3.63, 3.8) is 0 Å². The number of aromatic nitrogens is 3. The Balaban J connectivity index is 1.52. The van der Waals surface area contributed by atoms with Crippen LogP contribution >= 0.6 is 11.6 Å². The maximum absolute atomic E-state index is 6.10. The van der Waals surface area contributed by atoms with E-state index in [2.05, 4.69) is 21.7 Å². The largest absolute Gasteiger partial charge is 0.485 e. The lowest BCUT2D eigenvalue weighted by Crippen LogP contribution is -2.50. The number of rotatable bonds is 6. The number of hydrogen-bond donors (Lipinski definition) is 1. The summed E-state index contributed by atoms with van der Waals surface area (Å²) in [6.07, 6.45) is 0.169. The van der Waals surface area contributed by atoms with E-state index in [4.69, 9.17) is 21.1 Å². The normalized spacial score (nSPS) is 14.5. The van der Waals surface area contributed by atoms with Crippen molar-refractivity contribution >= 4 is 22.6 Å². The van der Waals surface area contributed by atoms with Crippen LogP contribution in [0.1, 0.15) is 12.5 Å². The van der Waals surface area contributed by atoms with E-state index in [0.29, 0.717) is 23.1 Å². The van der Waals surface area contributed by atoms with Crippen LogP contribution < -0.4 is 14.8 Å². The van der Waals surface area contributed by atoms with Gasteiger partial charge in [-0.1, -0.05) is 22.9 Å². The zero-order valence-corrected chi connectivity index (χ0v) is 14.7. The van der Waals surface area contributed by atoms with Gasteiger partial charge in [-0.05, 0) is 36.8 Å². The summed E-state index contributed by atoms with van der Waals surface area (Å²) in [5.41, 5.74) is 2.95. The standard InChI is InChI=1S/C18H19ClN4O2/c1-2-23-16-7-12(3-5-15(16)21-22-23)11-24-17-6-4-13(19)8-18(17)25-14-9-20-10-14/h3-8,14,20H,2,9-11H2,1H3. The summed E-state index contributed by atoms with van der Waals surface area (Å²) in [5.74, 6) is 1.37. The van der Waals surface area contributed by atoms with E-state index in [1.54, 1.807) is 6.07 Å². The molecule has 6 nitrogen and oxygen atoms in total. The number of nitrogens with zero attached hydrogens (tertiary/aromatic N) is 3. The van der Waals surface area contributed by atoms with Gasteiger partial charge in [0.2, 0.25) is 0 Å². The molecule has 1 aromatic heterocycles. The van der Waals surface area contributed by atoms with Crippen LogP contribution in [-0.2, 0) is 13.2 Å². The fourth-order valence-electron chi connectivity index (χ4n) is 2.71. The Morgan fingerprint density at radius 1 is 1.20 bits per heavy atom. The molecule has 0 bridgehead atoms. The average Bonchev–Trinajstić information content (AvgIpc) is 2.99. The molecule has 130 valence electrons. The first-order valence-electron chi connectivity index (χ1n) is 8.35. The minimum atomic E-state index is 0.169. The summed E-state index contributed by atoms with van der Waals surface area (Å²) in [5, 5.41) is 12.1. The SMILES string of the molecule is CCn1nnc2ccc(COc3ccc(Cl)cc3OC3CNC3)cc21. The number of benzene rings is 2. The molecule has 0 saturated carbocycles. The van der Waals surface area contributed by atoms with Gasteiger partial charge in [0.15, 0.2) is 11.5 Å². The number of hydrogen-bond acceptors (Lipinski definition) is 5. The lowest BCUT2D eigenvalue weighted by atomic mass is 10.2. The zero-order valence-electron chi connectivity index (χ0n) is 13.9. The van der Waals surface area contributed by atoms with Crippen LogP contribution in [-0.4, -0.2) is 34.2 Å². The molecule has 0 amide bonds. The Kier molecular flexibility index (Phi) is 4.46. The molecule has 0 aliphatic carbocycles. The van der Waals surface area contributed by atoms with Crippen molar-refractivity contribution in [2.75, 3.05) is 13.1 Å². The first-order valence-corrected chi connectivity index (χ1v) is 8.72. The third kappa shape index (κ3) is 3.41. The second-order valence-electron chi connectivity index (χ2n) is 6.01. The van der Waals surface area contributed by atoms with Gasteiger partial charge in [0.05, 0.1) is 5.52 Å². The molecule has 2 aromatic carbocycles. The fraction of sp³-hybridized carbons (Fsp3) is 0.333. The van der Waals surface area contributed by atoms with E-state index < -0.39 is 0 Å². The number of ether oxygens (including phenoxy) is 2. The van der Waals surface area contributed by atoms with Gasteiger partial charge in [-0.25, -0.2) is 4.68 Å². The Morgan fingerprint density at radius 3 is 2.84 bits per heavy atom. The van der Waals surface area contributed by atoms with Gasteiger partial charge >= 0.3 is 0 Å². The zero-order chi connectivity index (χ0) is 17.2. The lowest BCUT2D eigenvalue weighted by molar-refractivity contribution is 0.134. The summed E-state index contributed by atoms with van der Waals surface area (Å²) in [6, 6.07) is 11.5. The van der Waals surface area contributed by atoms with Gasteiger partial charge in [0, 0.05) is 30.7 Å². The number of nitrogens with one attached hydrogen (secondary N) is 1. The van der Waals surface area contributed by atoms with E-state index in [1.165, 1.54) is 0 Å². The molecule has 1 fully saturated rings. The molecule has 7 heteroatoms. The molecule has 1 aliphatic rings. The number of fused-ring (bicyclic) bond motifs is 1. The first-order chi connectivity index (χ1) is 12.2. The maximum Gasteiger partial charge on any atom is 0.163 e. The summed E-state index contributed by atoms with van der Waals surface area (Å²) < 4.78 is 13.8. The first kappa shape index (κ1) is 16.2. The van der Waals surface area contributed by atoms with Gasteiger partial charge in [-0.2, -0.15) is 0 Å². The summed E-state index contributed by atoms with van der Waals surface area (Å²) in [4.78, 5) is 0. The van der Waals surface area contributed by atoms with Gasteiger partial charge in [0.25, 0.3) is 0 Å². The lowest BCUT2D eigenvalue weighted by Gasteiger charge is -2.28. The molecule has 0 spiro atoms. The summed E-state index contributed by atoms with van der Waals surface area (Å²) in [7, 11) is 0. The Labute approximate surface area is 150 Å². The van der Waals surface area contributed by atoms with Crippen LogP contribution in [0.2, 0.25) is 5.02 Å². The molecule has 0 radical (unpaired) electrons. The van der Waals surface area contributed by atoms with Gasteiger partial charge in [0.1, 0.15) is 18.2 Å². The van der Waals surface area contributed by atoms with Crippen molar-refractivity contribution < 1.29 is 9.47 Å². The smallest absolute Gasteiger partial charge is 0.163 e. The second-order valence-corrected chi connectivity index (χ2v) is 6.44. The van der Waals surface area contributed by atoms with E-state index in [-0.39, 0.29) is 6.10 Å². The quantitative estimate of drug-likeness (QED) is 0.734. The number of halogens is 1. The molecule has 2 heterocycles. The third-order valence-electron chi connectivity index (χ3n) is 4.22. The van der Waals surface area contributed by atoms with Crippen LogP contribution in [0.4, 0.5) is 0 Å². The van der Waals surface area contributed by atoms with Crippen LogP contribution in [0.3, 0.4) is 0 Å². The predicted octanol–water partition coefficient (Wildman–Crippen LogP) is 3.03. The molecule has 25 heavy (non-hydrogen) atoms. The Bertz CT molecular complexity index is 892. The van der Waals surface area contributed by atoms with Crippen molar-refractivity contribution in [3.8, 4) is 11.5 Å². The Morgan fingerprint density at radius 2 is 2.08 bits per heavy atom. The van der Waals surface area contributed by atoms with E-state index in [0.717, 1.165) is 36.2 Å². The van der Waals surface area contributed by atoms with Crippen molar-refractivity contribution in [3.05, 3.63) is 47.0 Å². The fourth-order valence-corrected chi connectivity index (χ4v) is 2.88. The molecule has 1 saturated heterocycles. The monoisotopic (exact) mass is 358 g/mol. The Hall–Kier alpha value is -2.31. The van der Waals surface area contributed by atoms with Crippen molar-refractivity contribution in [2.45, 2.75) is 26.2 Å². The number of aryl methyl sites for hydroxylation is 1. The van der Waals surface area contributed by atoms with Crippen molar-refractivity contribution in [2.24, 2.45) is 0 Å². The topological polar surface area (TPSA) is 61.2 Å². The molecule has 0 unspecified atom stereocenters. The van der Waals surface area contributed by atoms with Crippen molar-refractivity contribution in [1.29, 1.82) is 0 Å². The minimum absolute atomic E-state index is 0.169. The van der Waals surface area contributed by atoms with Crippen LogP contribution in [0.15, 0.2) is 36.4 Å². The molecule has 4 rings (SSSR count). The highest BCUT2D eigenvalue weighted by Crippen LogP contribution is 2.32. The van der Waals surface area contributed by atoms with Crippen LogP contribution in [0.25, 0.3) is 11.0 Å².